The molecule has 134 valence electrons. The summed E-state index contributed by atoms with van der Waals surface area (Å²) in [5.74, 6) is -1.51. The van der Waals surface area contributed by atoms with Crippen LogP contribution in [0.25, 0.3) is 0 Å². The van der Waals surface area contributed by atoms with Crippen molar-refractivity contribution in [3.8, 4) is 0 Å². The molecular weight excluding hydrogens is 424 g/mol. The normalized spacial score (nSPS) is 11.3. The summed E-state index contributed by atoms with van der Waals surface area (Å²) >= 11 is 3.32. The lowest BCUT2D eigenvalue weighted by molar-refractivity contribution is 0.569. The average molecular weight is 438 g/mol. The smallest absolute Gasteiger partial charge is 0.262 e. The third kappa shape index (κ3) is 3.94. The van der Waals surface area contributed by atoms with E-state index in [-0.39, 0.29) is 17.0 Å². The Hall–Kier alpha value is -2.25. The lowest BCUT2D eigenvalue weighted by Crippen LogP contribution is -2.31. The Labute approximate surface area is 159 Å². The van der Waals surface area contributed by atoms with E-state index in [0.717, 1.165) is 16.4 Å². The van der Waals surface area contributed by atoms with Crippen LogP contribution in [-0.4, -0.2) is 8.42 Å². The molecule has 0 bridgehead atoms. The highest BCUT2D eigenvalue weighted by Gasteiger charge is 2.26. The van der Waals surface area contributed by atoms with E-state index in [4.69, 9.17) is 0 Å². The molecule has 0 heterocycles. The molecule has 3 aromatic rings. The van der Waals surface area contributed by atoms with Crippen molar-refractivity contribution in [3.05, 3.63) is 94.5 Å². The molecule has 0 aliphatic heterocycles. The monoisotopic (exact) mass is 437 g/mol. The Morgan fingerprint density at radius 1 is 0.885 bits per heavy atom. The summed E-state index contributed by atoms with van der Waals surface area (Å²) in [5.41, 5.74) is 0.442. The highest BCUT2D eigenvalue weighted by molar-refractivity contribution is 9.10. The van der Waals surface area contributed by atoms with Crippen molar-refractivity contribution in [3.63, 3.8) is 0 Å². The van der Waals surface area contributed by atoms with Gasteiger partial charge in [-0.1, -0.05) is 46.3 Å². The van der Waals surface area contributed by atoms with Gasteiger partial charge in [0.2, 0.25) is 0 Å². The summed E-state index contributed by atoms with van der Waals surface area (Å²) < 4.78 is 55.4. The maximum Gasteiger partial charge on any atom is 0.264 e. The van der Waals surface area contributed by atoms with Gasteiger partial charge in [-0.25, -0.2) is 17.2 Å². The van der Waals surface area contributed by atoms with E-state index in [1.165, 1.54) is 18.2 Å². The Morgan fingerprint density at radius 3 is 2.27 bits per heavy atom. The van der Waals surface area contributed by atoms with Crippen LogP contribution in [0.2, 0.25) is 0 Å². The van der Waals surface area contributed by atoms with Crippen molar-refractivity contribution in [2.24, 2.45) is 0 Å². The number of rotatable bonds is 5. The van der Waals surface area contributed by atoms with Gasteiger partial charge in [-0.3, -0.25) is 4.31 Å². The van der Waals surface area contributed by atoms with Crippen LogP contribution in [0.1, 0.15) is 5.56 Å². The minimum absolute atomic E-state index is 0.0749. The molecule has 0 N–H and O–H groups in total. The van der Waals surface area contributed by atoms with E-state index in [1.54, 1.807) is 42.5 Å². The Balaban J connectivity index is 2.11. The van der Waals surface area contributed by atoms with Crippen LogP contribution in [0.15, 0.2) is 82.2 Å². The van der Waals surface area contributed by atoms with E-state index in [9.17, 15) is 17.2 Å². The van der Waals surface area contributed by atoms with Crippen LogP contribution in [-0.2, 0) is 16.6 Å². The van der Waals surface area contributed by atoms with Gasteiger partial charge >= 0.3 is 0 Å². The number of halogens is 3. The summed E-state index contributed by atoms with van der Waals surface area (Å²) in [6.07, 6.45) is 0. The predicted molar refractivity (Wildman–Crippen MR) is 100 cm³/mol. The van der Waals surface area contributed by atoms with Crippen molar-refractivity contribution in [2.45, 2.75) is 11.4 Å². The van der Waals surface area contributed by atoms with E-state index in [0.29, 0.717) is 10.2 Å². The van der Waals surface area contributed by atoms with Crippen LogP contribution >= 0.6 is 15.9 Å². The summed E-state index contributed by atoms with van der Waals surface area (Å²) in [7, 11) is -3.94. The van der Waals surface area contributed by atoms with Gasteiger partial charge in [-0.15, -0.1) is 0 Å². The van der Waals surface area contributed by atoms with Gasteiger partial charge in [0, 0.05) is 16.1 Å². The van der Waals surface area contributed by atoms with Crippen LogP contribution < -0.4 is 4.31 Å². The van der Waals surface area contributed by atoms with Gasteiger partial charge in [0.25, 0.3) is 10.0 Å². The van der Waals surface area contributed by atoms with Crippen LogP contribution in [0.4, 0.5) is 14.5 Å². The number of nitrogens with zero attached hydrogens (tertiary/aromatic N) is 1. The Kier molecular flexibility index (Phi) is 5.38. The van der Waals surface area contributed by atoms with E-state index in [1.807, 2.05) is 0 Å². The van der Waals surface area contributed by atoms with Crippen LogP contribution in [0.5, 0.6) is 0 Å². The highest BCUT2D eigenvalue weighted by atomic mass is 79.9. The van der Waals surface area contributed by atoms with Gasteiger partial charge in [-0.2, -0.15) is 0 Å². The van der Waals surface area contributed by atoms with Crippen molar-refractivity contribution in [1.82, 2.24) is 0 Å². The van der Waals surface area contributed by atoms with Crippen molar-refractivity contribution in [2.75, 3.05) is 4.31 Å². The van der Waals surface area contributed by atoms with Crippen LogP contribution in [0.3, 0.4) is 0 Å². The molecule has 3 aromatic carbocycles. The second-order valence-corrected chi connectivity index (χ2v) is 8.32. The number of hydrogen-bond donors (Lipinski definition) is 0. The summed E-state index contributed by atoms with van der Waals surface area (Å²) in [6.45, 7) is -0.264. The van der Waals surface area contributed by atoms with Crippen molar-refractivity contribution in [1.29, 1.82) is 0 Å². The molecule has 0 aromatic heterocycles. The topological polar surface area (TPSA) is 37.4 Å². The second kappa shape index (κ2) is 7.55. The fourth-order valence-electron chi connectivity index (χ4n) is 2.47. The van der Waals surface area contributed by atoms with Crippen LogP contribution in [0, 0.1) is 11.6 Å². The first-order chi connectivity index (χ1) is 12.4. The standard InChI is InChI=1S/C19H14BrF2NO2S/c20-15-5-4-6-17(11-15)23(13-14-9-10-16(21)12-19(14)22)26(24,25)18-7-2-1-3-8-18/h1-12H,13H2. The molecule has 0 fully saturated rings. The maximum atomic E-state index is 14.1. The largest absolute Gasteiger partial charge is 0.264 e. The lowest BCUT2D eigenvalue weighted by atomic mass is 10.2. The minimum Gasteiger partial charge on any atom is -0.262 e. The first-order valence-corrected chi connectivity index (χ1v) is 9.88. The molecule has 0 aliphatic rings. The molecule has 0 unspecified atom stereocenters. The quantitative estimate of drug-likeness (QED) is 0.555. The first-order valence-electron chi connectivity index (χ1n) is 7.65. The zero-order valence-corrected chi connectivity index (χ0v) is 15.8. The van der Waals surface area contributed by atoms with Gasteiger partial charge in [0.1, 0.15) is 11.6 Å². The molecule has 0 atom stereocenters. The number of benzene rings is 3. The average Bonchev–Trinajstić information content (AvgIpc) is 2.61. The lowest BCUT2D eigenvalue weighted by Gasteiger charge is -2.25. The summed E-state index contributed by atoms with van der Waals surface area (Å²) in [4.78, 5) is 0.0856. The zero-order valence-electron chi connectivity index (χ0n) is 13.4. The minimum atomic E-state index is -3.94. The predicted octanol–water partition coefficient (Wildman–Crippen LogP) is 5.12. The van der Waals surface area contributed by atoms with Gasteiger partial charge < -0.3 is 0 Å². The summed E-state index contributed by atoms with van der Waals surface area (Å²) in [5, 5.41) is 0. The van der Waals surface area contributed by atoms with Gasteiger partial charge in [0.15, 0.2) is 0 Å². The van der Waals surface area contributed by atoms with Gasteiger partial charge in [0.05, 0.1) is 17.1 Å². The molecule has 0 spiro atoms. The molecule has 0 saturated heterocycles. The molecule has 0 aliphatic carbocycles. The van der Waals surface area contributed by atoms with E-state index < -0.39 is 21.7 Å². The third-order valence-electron chi connectivity index (χ3n) is 3.76. The van der Waals surface area contributed by atoms with E-state index >= 15 is 0 Å². The molecule has 26 heavy (non-hydrogen) atoms. The molecule has 3 nitrogen and oxygen atoms in total. The highest BCUT2D eigenvalue weighted by Crippen LogP contribution is 2.28. The van der Waals surface area contributed by atoms with Crippen molar-refractivity contribution >= 4 is 31.6 Å². The zero-order chi connectivity index (χ0) is 18.7. The molecule has 3 rings (SSSR count). The molecule has 7 heteroatoms. The fraction of sp³-hybridized carbons (Fsp3) is 0.0526. The Bertz CT molecular complexity index is 1030. The SMILES string of the molecule is O=S(=O)(c1ccccc1)N(Cc1ccc(F)cc1F)c1cccc(Br)c1. The molecule has 0 radical (unpaired) electrons. The maximum absolute atomic E-state index is 14.1. The summed E-state index contributed by atoms with van der Waals surface area (Å²) in [6, 6.07) is 17.7. The van der Waals surface area contributed by atoms with Crippen molar-refractivity contribution < 1.29 is 17.2 Å². The number of anilines is 1. The number of hydrogen-bond acceptors (Lipinski definition) is 2. The van der Waals surface area contributed by atoms with Gasteiger partial charge in [-0.05, 0) is 36.4 Å². The third-order valence-corrected chi connectivity index (χ3v) is 6.04. The Morgan fingerprint density at radius 2 is 1.62 bits per heavy atom. The second-order valence-electron chi connectivity index (χ2n) is 5.54. The molecule has 0 saturated carbocycles. The molecule has 0 amide bonds. The molecular formula is C19H14BrF2NO2S. The number of sulfonamides is 1. The van der Waals surface area contributed by atoms with E-state index in [2.05, 4.69) is 15.9 Å². The fourth-order valence-corrected chi connectivity index (χ4v) is 4.31. The first kappa shape index (κ1) is 18.5.